The lowest BCUT2D eigenvalue weighted by Gasteiger charge is -2.27. The minimum absolute atomic E-state index is 0.102. The van der Waals surface area contributed by atoms with Gasteiger partial charge in [0.15, 0.2) is 0 Å². The Morgan fingerprint density at radius 3 is 2.55 bits per heavy atom. The van der Waals surface area contributed by atoms with Crippen LogP contribution in [-0.2, 0) is 11.3 Å². The second-order valence-corrected chi connectivity index (χ2v) is 4.67. The minimum Gasteiger partial charge on any atom is -0.336 e. The van der Waals surface area contributed by atoms with Gasteiger partial charge in [-0.2, -0.15) is 0 Å². The summed E-state index contributed by atoms with van der Waals surface area (Å²) in [5.41, 5.74) is 1.98. The molecule has 0 saturated carbocycles. The van der Waals surface area contributed by atoms with Crippen LogP contribution in [0.25, 0.3) is 0 Å². The van der Waals surface area contributed by atoms with Crippen LogP contribution in [-0.4, -0.2) is 30.4 Å². The molecule has 1 aliphatic rings. The van der Waals surface area contributed by atoms with Gasteiger partial charge in [0.25, 0.3) is 0 Å². The van der Waals surface area contributed by atoms with Crippen molar-refractivity contribution in [3.63, 3.8) is 0 Å². The molecule has 1 heterocycles. The molecular formula is C16H21FN2O. The van der Waals surface area contributed by atoms with Crippen LogP contribution in [0.15, 0.2) is 49.1 Å². The molecule has 1 aromatic carbocycles. The van der Waals surface area contributed by atoms with E-state index in [1.54, 1.807) is 23.1 Å². The highest BCUT2D eigenvalue weighted by Crippen LogP contribution is 2.07. The molecule has 0 atom stereocenters. The van der Waals surface area contributed by atoms with Gasteiger partial charge in [-0.05, 0) is 24.6 Å². The number of rotatable bonds is 3. The number of nitrogens with one attached hydrogen (secondary N) is 1. The first-order valence-corrected chi connectivity index (χ1v) is 6.54. The van der Waals surface area contributed by atoms with Crippen LogP contribution in [0.5, 0.6) is 0 Å². The Balaban J connectivity index is 0.000000347. The number of amides is 1. The van der Waals surface area contributed by atoms with Crippen LogP contribution in [0.3, 0.4) is 0 Å². The summed E-state index contributed by atoms with van der Waals surface area (Å²) in [5.74, 6) is -0.143. The highest BCUT2D eigenvalue weighted by atomic mass is 19.1. The molecule has 1 amide bonds. The van der Waals surface area contributed by atoms with Crippen molar-refractivity contribution in [2.45, 2.75) is 13.5 Å². The summed E-state index contributed by atoms with van der Waals surface area (Å²) in [7, 11) is 0. The summed E-state index contributed by atoms with van der Waals surface area (Å²) in [6.45, 7) is 11.4. The first kappa shape index (κ1) is 16.1. The van der Waals surface area contributed by atoms with E-state index < -0.39 is 0 Å². The summed E-state index contributed by atoms with van der Waals surface area (Å²) in [4.78, 5) is 13.2. The fourth-order valence-electron chi connectivity index (χ4n) is 1.62. The number of benzene rings is 1. The summed E-state index contributed by atoms with van der Waals surface area (Å²) in [5, 5.41) is 3.01. The van der Waals surface area contributed by atoms with Crippen molar-refractivity contribution < 1.29 is 9.18 Å². The third kappa shape index (κ3) is 5.80. The van der Waals surface area contributed by atoms with E-state index in [-0.39, 0.29) is 11.7 Å². The number of nitrogens with zero attached hydrogens (tertiary/aromatic N) is 1. The largest absolute Gasteiger partial charge is 0.336 e. The van der Waals surface area contributed by atoms with Crippen molar-refractivity contribution in [2.75, 3.05) is 19.6 Å². The Morgan fingerprint density at radius 1 is 1.45 bits per heavy atom. The number of piperazine rings is 1. The molecule has 20 heavy (non-hydrogen) atoms. The zero-order valence-corrected chi connectivity index (χ0v) is 11.9. The Labute approximate surface area is 119 Å². The van der Waals surface area contributed by atoms with Crippen LogP contribution in [0.1, 0.15) is 12.5 Å². The zero-order valence-electron chi connectivity index (χ0n) is 11.9. The van der Waals surface area contributed by atoms with Crippen LogP contribution in [0.2, 0.25) is 0 Å². The Morgan fingerprint density at radius 2 is 2.05 bits per heavy atom. The highest BCUT2D eigenvalue weighted by Gasteiger charge is 2.17. The van der Waals surface area contributed by atoms with Gasteiger partial charge in [0.1, 0.15) is 5.82 Å². The molecule has 3 nitrogen and oxygen atoms in total. The van der Waals surface area contributed by atoms with Crippen LogP contribution >= 0.6 is 0 Å². The maximum absolute atomic E-state index is 12.7. The van der Waals surface area contributed by atoms with Crippen LogP contribution in [0.4, 0.5) is 4.39 Å². The van der Waals surface area contributed by atoms with Gasteiger partial charge in [-0.3, -0.25) is 4.79 Å². The van der Waals surface area contributed by atoms with E-state index in [2.05, 4.69) is 18.5 Å². The third-order valence-electron chi connectivity index (χ3n) is 2.82. The lowest BCUT2D eigenvalue weighted by Crippen LogP contribution is -2.47. The molecule has 1 aliphatic heterocycles. The number of hydrogen-bond donors (Lipinski definition) is 1. The van der Waals surface area contributed by atoms with Gasteiger partial charge in [-0.25, -0.2) is 4.39 Å². The molecule has 0 bridgehead atoms. The van der Waals surface area contributed by atoms with E-state index in [9.17, 15) is 9.18 Å². The quantitative estimate of drug-likeness (QED) is 0.860. The minimum atomic E-state index is -0.245. The van der Waals surface area contributed by atoms with Gasteiger partial charge in [-0.1, -0.05) is 36.9 Å². The van der Waals surface area contributed by atoms with Crippen molar-refractivity contribution in [1.29, 1.82) is 0 Å². The average molecular weight is 276 g/mol. The smallest absolute Gasteiger partial charge is 0.236 e. The normalized spacial score (nSPS) is 14.3. The maximum Gasteiger partial charge on any atom is 0.236 e. The Bertz CT molecular complexity index is 468. The van der Waals surface area contributed by atoms with Gasteiger partial charge < -0.3 is 10.2 Å². The van der Waals surface area contributed by atoms with E-state index in [1.165, 1.54) is 12.1 Å². The summed E-state index contributed by atoms with van der Waals surface area (Å²) < 4.78 is 12.7. The highest BCUT2D eigenvalue weighted by molar-refractivity contribution is 5.78. The molecule has 2 rings (SSSR count). The third-order valence-corrected chi connectivity index (χ3v) is 2.82. The lowest BCUT2D eigenvalue weighted by atomic mass is 10.2. The molecule has 0 unspecified atom stereocenters. The first-order valence-electron chi connectivity index (χ1n) is 6.54. The van der Waals surface area contributed by atoms with Crippen LogP contribution in [0, 0.1) is 5.82 Å². The molecule has 108 valence electrons. The summed E-state index contributed by atoms with van der Waals surface area (Å²) >= 11 is 0. The molecule has 0 aromatic heterocycles. The molecule has 0 aliphatic carbocycles. The van der Waals surface area contributed by atoms with E-state index in [0.717, 1.165) is 24.2 Å². The topological polar surface area (TPSA) is 32.3 Å². The van der Waals surface area contributed by atoms with Crippen molar-refractivity contribution >= 4 is 5.91 Å². The monoisotopic (exact) mass is 276 g/mol. The first-order chi connectivity index (χ1) is 9.52. The van der Waals surface area contributed by atoms with Crippen molar-refractivity contribution in [3.05, 3.63) is 60.5 Å². The maximum atomic E-state index is 12.7. The average Bonchev–Trinajstić information content (AvgIpc) is 2.44. The van der Waals surface area contributed by atoms with Crippen molar-refractivity contribution in [1.82, 2.24) is 10.2 Å². The molecule has 1 saturated heterocycles. The molecule has 0 spiro atoms. The Kier molecular flexibility index (Phi) is 6.67. The zero-order chi connectivity index (χ0) is 15.0. The summed E-state index contributed by atoms with van der Waals surface area (Å²) in [6, 6.07) is 6.26. The molecule has 0 radical (unpaired) electrons. The van der Waals surface area contributed by atoms with Gasteiger partial charge in [-0.15, -0.1) is 0 Å². The van der Waals surface area contributed by atoms with Gasteiger partial charge in [0, 0.05) is 19.6 Å². The van der Waals surface area contributed by atoms with Gasteiger partial charge >= 0.3 is 0 Å². The molecule has 1 aromatic rings. The summed E-state index contributed by atoms with van der Waals surface area (Å²) in [6.07, 6.45) is 1.72. The second-order valence-electron chi connectivity index (χ2n) is 4.67. The predicted molar refractivity (Wildman–Crippen MR) is 79.7 cm³/mol. The van der Waals surface area contributed by atoms with Crippen LogP contribution < -0.4 is 5.32 Å². The predicted octanol–water partition coefficient (Wildman–Crippen LogP) is 2.51. The number of carbonyl (C=O) groups is 1. The molecule has 1 N–H and O–H groups in total. The number of allylic oxidation sites excluding steroid dienone is 2. The second kappa shape index (κ2) is 8.27. The van der Waals surface area contributed by atoms with Crippen molar-refractivity contribution in [2.24, 2.45) is 0 Å². The standard InChI is InChI=1S/C11H13FN2O.C5H8/c12-10-3-1-9(2-4-10)8-14-6-5-13-7-11(14)15;1-4-5(2)3/h1-4,13H,5-8H2;4H,1-2H2,3H3. The SMILES string of the molecule is C=CC(=C)C.O=C1CNCCN1Cc1ccc(F)cc1. The molecule has 1 fully saturated rings. The van der Waals surface area contributed by atoms with Gasteiger partial charge in [0.05, 0.1) is 6.54 Å². The van der Waals surface area contributed by atoms with E-state index >= 15 is 0 Å². The van der Waals surface area contributed by atoms with Crippen molar-refractivity contribution in [3.8, 4) is 0 Å². The van der Waals surface area contributed by atoms with E-state index in [0.29, 0.717) is 13.1 Å². The number of carbonyl (C=O) groups excluding carboxylic acids is 1. The van der Waals surface area contributed by atoms with E-state index in [1.807, 2.05) is 6.92 Å². The Hall–Kier alpha value is -1.94. The van der Waals surface area contributed by atoms with E-state index in [4.69, 9.17) is 0 Å². The lowest BCUT2D eigenvalue weighted by molar-refractivity contribution is -0.132. The fourth-order valence-corrected chi connectivity index (χ4v) is 1.62. The molecule has 4 heteroatoms. The molecular weight excluding hydrogens is 255 g/mol. The number of halogens is 1. The number of hydrogen-bond acceptors (Lipinski definition) is 2. The fraction of sp³-hybridized carbons (Fsp3) is 0.312. The van der Waals surface area contributed by atoms with Gasteiger partial charge in [0.2, 0.25) is 5.91 Å².